The number of fused-ring (bicyclic) bond motifs is 1. The molecule has 0 N–H and O–H groups in total. The average Bonchev–Trinajstić information content (AvgIpc) is 2.56. The maximum absolute atomic E-state index is 7.69. The van der Waals surface area contributed by atoms with Crippen LogP contribution in [-0.2, 0) is 6.42 Å². The smallest absolute Gasteiger partial charge is 0.0712 e. The Morgan fingerprint density at radius 3 is 2.74 bits per heavy atom. The Morgan fingerprint density at radius 1 is 1.09 bits per heavy atom. The zero-order valence-corrected chi connectivity index (χ0v) is 13.5. The third-order valence-corrected chi connectivity index (χ3v) is 4.93. The van der Waals surface area contributed by atoms with Gasteiger partial charge in [-0.3, -0.25) is 0 Å². The lowest BCUT2D eigenvalue weighted by Crippen LogP contribution is -2.13. The Labute approximate surface area is 142 Å². The van der Waals surface area contributed by atoms with E-state index in [4.69, 9.17) is 9.10 Å². The number of hydrogen-bond acceptors (Lipinski definition) is 1. The number of hydrogen-bond donors (Lipinski definition) is 0. The molecule has 1 aromatic heterocycles. The molecule has 1 heteroatoms. The molecule has 4 rings (SSSR count). The quantitative estimate of drug-likeness (QED) is 0.590. The van der Waals surface area contributed by atoms with Gasteiger partial charge in [0.15, 0.2) is 0 Å². The molecule has 1 fully saturated rings. The van der Waals surface area contributed by atoms with Crippen LogP contribution in [0.4, 0.5) is 0 Å². The van der Waals surface area contributed by atoms with Crippen LogP contribution in [0.25, 0.3) is 22.2 Å². The normalized spacial score (nSPS) is 17.3. The van der Waals surface area contributed by atoms with Gasteiger partial charge < -0.3 is 0 Å². The van der Waals surface area contributed by atoms with E-state index < -0.39 is 6.85 Å². The minimum absolute atomic E-state index is 0.369. The highest BCUT2D eigenvalue weighted by Gasteiger charge is 2.18. The highest BCUT2D eigenvalue weighted by Crippen LogP contribution is 2.32. The third-order valence-electron chi connectivity index (χ3n) is 4.93. The van der Waals surface area contributed by atoms with Crippen molar-refractivity contribution in [3.8, 4) is 11.3 Å². The first-order chi connectivity index (χ1) is 12.4. The highest BCUT2D eigenvalue weighted by molar-refractivity contribution is 5.84. The molecule has 2 aromatic carbocycles. The maximum atomic E-state index is 7.69. The lowest BCUT2D eigenvalue weighted by Gasteiger charge is -2.25. The van der Waals surface area contributed by atoms with E-state index in [1.165, 1.54) is 30.2 Å². The Bertz CT molecular complexity index is 955. The van der Waals surface area contributed by atoms with E-state index >= 15 is 0 Å². The zero-order chi connectivity index (χ0) is 18.3. The van der Waals surface area contributed by atoms with Crippen molar-refractivity contribution in [2.75, 3.05) is 0 Å². The van der Waals surface area contributed by atoms with E-state index in [9.17, 15) is 0 Å². The molecule has 0 aliphatic heterocycles. The number of aromatic nitrogens is 1. The molecule has 0 atom stereocenters. The number of rotatable bonds is 3. The summed E-state index contributed by atoms with van der Waals surface area (Å²) in [6.07, 6.45) is 5.16. The summed E-state index contributed by atoms with van der Waals surface area (Å²) in [4.78, 5) is 4.84. The Morgan fingerprint density at radius 2 is 1.96 bits per heavy atom. The average molecular weight is 304 g/mol. The third kappa shape index (κ3) is 2.88. The van der Waals surface area contributed by atoms with Gasteiger partial charge in [-0.2, -0.15) is 0 Å². The molecule has 0 spiro atoms. The summed E-state index contributed by atoms with van der Waals surface area (Å²) < 4.78 is 23.1. The standard InChI is InChI=1S/C22H23N/c1-15-11-16(2)13-19(12-15)21-10-9-20-18(14-17-5-3-6-17)7-4-8-22(20)23-21/h4,7-13,17H,3,5-6,14H2,1-2H3/i1D3. The summed E-state index contributed by atoms with van der Waals surface area (Å²) >= 11 is 0. The lowest BCUT2D eigenvalue weighted by atomic mass is 9.80. The summed E-state index contributed by atoms with van der Waals surface area (Å²) in [5.41, 5.74) is 5.35. The summed E-state index contributed by atoms with van der Waals surface area (Å²) in [7, 11) is 0. The minimum atomic E-state index is -2.10. The summed E-state index contributed by atoms with van der Waals surface area (Å²) in [6.45, 7) is -0.177. The molecule has 23 heavy (non-hydrogen) atoms. The van der Waals surface area contributed by atoms with Crippen LogP contribution < -0.4 is 0 Å². The first-order valence-electron chi connectivity index (χ1n) is 9.91. The summed E-state index contributed by atoms with van der Waals surface area (Å²) in [5.74, 6) is 0.818. The molecule has 1 heterocycles. The van der Waals surface area contributed by atoms with Gasteiger partial charge in [0.05, 0.1) is 11.2 Å². The molecule has 0 bridgehead atoms. The second-order valence-electron chi connectivity index (χ2n) is 6.77. The van der Waals surface area contributed by atoms with E-state index in [2.05, 4.69) is 18.2 Å². The lowest BCUT2D eigenvalue weighted by molar-refractivity contribution is 0.315. The van der Waals surface area contributed by atoms with Crippen molar-refractivity contribution < 1.29 is 4.11 Å². The Kier molecular flexibility index (Phi) is 2.88. The van der Waals surface area contributed by atoms with Crippen molar-refractivity contribution in [1.29, 1.82) is 0 Å². The van der Waals surface area contributed by atoms with E-state index in [0.29, 0.717) is 5.56 Å². The number of pyridine rings is 1. The fourth-order valence-electron chi connectivity index (χ4n) is 3.50. The SMILES string of the molecule is [2H]C([2H])([2H])c1cc(C)cc(-c2ccc3c(CC4CCC4)cccc3n2)c1. The van der Waals surface area contributed by atoms with Crippen LogP contribution in [0.1, 0.15) is 40.1 Å². The van der Waals surface area contributed by atoms with Crippen LogP contribution in [0.3, 0.4) is 0 Å². The monoisotopic (exact) mass is 304 g/mol. The van der Waals surface area contributed by atoms with Crippen LogP contribution in [0.5, 0.6) is 0 Å². The molecule has 1 aliphatic rings. The summed E-state index contributed by atoms with van der Waals surface area (Å²) in [5, 5.41) is 1.21. The predicted octanol–water partition coefficient (Wildman–Crippen LogP) is 5.86. The molecule has 1 nitrogen and oxygen atoms in total. The number of aryl methyl sites for hydroxylation is 2. The van der Waals surface area contributed by atoms with E-state index in [1.54, 1.807) is 12.1 Å². The van der Waals surface area contributed by atoms with Gasteiger partial charge in [0.25, 0.3) is 0 Å². The molecule has 0 amide bonds. The van der Waals surface area contributed by atoms with Gasteiger partial charge in [0, 0.05) is 15.1 Å². The van der Waals surface area contributed by atoms with Gasteiger partial charge in [-0.15, -0.1) is 0 Å². The minimum Gasteiger partial charge on any atom is -0.248 e. The van der Waals surface area contributed by atoms with E-state index in [1.807, 2.05) is 25.1 Å². The molecule has 116 valence electrons. The molecular weight excluding hydrogens is 278 g/mol. The predicted molar refractivity (Wildman–Crippen MR) is 97.7 cm³/mol. The van der Waals surface area contributed by atoms with Gasteiger partial charge in [0.2, 0.25) is 0 Å². The van der Waals surface area contributed by atoms with E-state index in [-0.39, 0.29) is 0 Å². The Balaban J connectivity index is 1.75. The molecule has 0 radical (unpaired) electrons. The van der Waals surface area contributed by atoms with Crippen molar-refractivity contribution in [3.05, 3.63) is 65.2 Å². The van der Waals surface area contributed by atoms with Crippen LogP contribution in [-0.4, -0.2) is 4.98 Å². The van der Waals surface area contributed by atoms with Crippen molar-refractivity contribution >= 4 is 10.9 Å². The molecule has 1 aliphatic carbocycles. The van der Waals surface area contributed by atoms with Crippen LogP contribution in [0.15, 0.2) is 48.5 Å². The van der Waals surface area contributed by atoms with Crippen LogP contribution in [0, 0.1) is 19.7 Å². The maximum Gasteiger partial charge on any atom is 0.0712 e. The zero-order valence-electron chi connectivity index (χ0n) is 16.5. The second-order valence-corrected chi connectivity index (χ2v) is 6.77. The Hall–Kier alpha value is -2.15. The van der Waals surface area contributed by atoms with Gasteiger partial charge in [0.1, 0.15) is 0 Å². The summed E-state index contributed by atoms with van der Waals surface area (Å²) in [6, 6.07) is 16.0. The molecule has 0 unspecified atom stereocenters. The molecule has 0 saturated heterocycles. The van der Waals surface area contributed by atoms with Crippen molar-refractivity contribution in [1.82, 2.24) is 4.98 Å². The van der Waals surface area contributed by atoms with Crippen molar-refractivity contribution in [2.24, 2.45) is 5.92 Å². The number of benzene rings is 2. The van der Waals surface area contributed by atoms with Crippen LogP contribution >= 0.6 is 0 Å². The fourth-order valence-corrected chi connectivity index (χ4v) is 3.50. The molecule has 3 aromatic rings. The number of nitrogens with zero attached hydrogens (tertiary/aromatic N) is 1. The fraction of sp³-hybridized carbons (Fsp3) is 0.318. The second kappa shape index (κ2) is 5.81. The molecule has 1 saturated carbocycles. The van der Waals surface area contributed by atoms with E-state index in [0.717, 1.165) is 34.7 Å². The van der Waals surface area contributed by atoms with Crippen molar-refractivity contribution in [2.45, 2.75) is 39.5 Å². The first kappa shape index (κ1) is 11.4. The van der Waals surface area contributed by atoms with Gasteiger partial charge >= 0.3 is 0 Å². The van der Waals surface area contributed by atoms with Gasteiger partial charge in [-0.1, -0.05) is 54.7 Å². The topological polar surface area (TPSA) is 12.9 Å². The van der Waals surface area contributed by atoms with Gasteiger partial charge in [-0.05, 0) is 55.9 Å². The van der Waals surface area contributed by atoms with Crippen molar-refractivity contribution in [3.63, 3.8) is 0 Å². The highest BCUT2D eigenvalue weighted by atomic mass is 14.7. The first-order valence-corrected chi connectivity index (χ1v) is 8.41. The largest absolute Gasteiger partial charge is 0.248 e. The molecular formula is C22H23N. The van der Waals surface area contributed by atoms with Crippen LogP contribution in [0.2, 0.25) is 0 Å². The van der Waals surface area contributed by atoms with Gasteiger partial charge in [-0.25, -0.2) is 4.98 Å².